The lowest BCUT2D eigenvalue weighted by atomic mass is 9.96. The number of nitrogens with one attached hydrogen (secondary N) is 2. The molecule has 0 aromatic carbocycles. The van der Waals surface area contributed by atoms with Crippen molar-refractivity contribution in [1.82, 2.24) is 10.6 Å². The first-order valence-corrected chi connectivity index (χ1v) is 7.92. The molecule has 2 heterocycles. The van der Waals surface area contributed by atoms with Crippen LogP contribution in [0.4, 0.5) is 0 Å². The highest BCUT2D eigenvalue weighted by Crippen LogP contribution is 2.34. The molecule has 2 rings (SSSR count). The molecular weight excluding hydrogens is 361 g/mol. The normalized spacial score (nSPS) is 30.1. The first kappa shape index (κ1) is 16.4. The minimum atomic E-state index is 0. The molecule has 6 heteroatoms. The molecule has 2 aliphatic rings. The summed E-state index contributed by atoms with van der Waals surface area (Å²) in [5.74, 6) is 2.02. The van der Waals surface area contributed by atoms with Crippen LogP contribution in [0, 0.1) is 0 Å². The van der Waals surface area contributed by atoms with Crippen molar-refractivity contribution in [2.45, 2.75) is 44.4 Å². The number of hydrogen-bond donors (Lipinski definition) is 2. The quantitative estimate of drug-likeness (QED) is 0.328. The molecule has 3 atom stereocenters. The van der Waals surface area contributed by atoms with Gasteiger partial charge in [0.15, 0.2) is 5.96 Å². The van der Waals surface area contributed by atoms with E-state index in [1.54, 1.807) is 0 Å². The monoisotopic (exact) mass is 385 g/mol. The van der Waals surface area contributed by atoms with Crippen molar-refractivity contribution in [3.63, 3.8) is 0 Å². The van der Waals surface area contributed by atoms with Gasteiger partial charge >= 0.3 is 0 Å². The minimum absolute atomic E-state index is 0. The molecule has 4 nitrogen and oxygen atoms in total. The Labute approximate surface area is 131 Å². The maximum atomic E-state index is 5.84. The molecule has 2 N–H and O–H groups in total. The van der Waals surface area contributed by atoms with Crippen LogP contribution < -0.4 is 10.6 Å². The highest BCUT2D eigenvalue weighted by molar-refractivity contribution is 14.0. The zero-order valence-electron chi connectivity index (χ0n) is 11.1. The molecule has 2 bridgehead atoms. The van der Waals surface area contributed by atoms with E-state index in [0.29, 0.717) is 18.2 Å². The SMILES string of the molecule is CCNC(=NCCSC)NC1CC2CCC1O2.I. The number of nitrogens with zero attached hydrogens (tertiary/aromatic N) is 1. The Morgan fingerprint density at radius 1 is 1.44 bits per heavy atom. The number of halogens is 1. The zero-order chi connectivity index (χ0) is 12.1. The van der Waals surface area contributed by atoms with E-state index < -0.39 is 0 Å². The summed E-state index contributed by atoms with van der Waals surface area (Å²) < 4.78 is 5.84. The maximum absolute atomic E-state index is 5.84. The number of aliphatic imine (C=N–C) groups is 1. The second-order valence-corrected chi connectivity index (χ2v) is 5.60. The summed E-state index contributed by atoms with van der Waals surface area (Å²) in [5.41, 5.74) is 0. The fourth-order valence-corrected chi connectivity index (χ4v) is 2.81. The predicted octanol–water partition coefficient (Wildman–Crippen LogP) is 1.84. The van der Waals surface area contributed by atoms with Crippen LogP contribution in [-0.4, -0.2) is 49.3 Å². The smallest absolute Gasteiger partial charge is 0.191 e. The molecule has 2 fully saturated rings. The fourth-order valence-electron chi connectivity index (χ4n) is 2.53. The van der Waals surface area contributed by atoms with Crippen LogP contribution in [0.15, 0.2) is 4.99 Å². The lowest BCUT2D eigenvalue weighted by molar-refractivity contribution is 0.0992. The van der Waals surface area contributed by atoms with Crippen LogP contribution in [0.1, 0.15) is 26.2 Å². The number of hydrogen-bond acceptors (Lipinski definition) is 3. The van der Waals surface area contributed by atoms with Crippen LogP contribution >= 0.6 is 35.7 Å². The van der Waals surface area contributed by atoms with Gasteiger partial charge in [-0.05, 0) is 32.4 Å². The van der Waals surface area contributed by atoms with E-state index in [9.17, 15) is 0 Å². The van der Waals surface area contributed by atoms with Gasteiger partial charge in [-0.3, -0.25) is 4.99 Å². The van der Waals surface area contributed by atoms with Crippen LogP contribution in [0.25, 0.3) is 0 Å². The van der Waals surface area contributed by atoms with Gasteiger partial charge in [0.1, 0.15) is 0 Å². The van der Waals surface area contributed by atoms with Gasteiger partial charge in [0, 0.05) is 12.3 Å². The molecule has 0 aliphatic carbocycles. The Balaban J connectivity index is 0.00000162. The average Bonchev–Trinajstić information content (AvgIpc) is 2.91. The van der Waals surface area contributed by atoms with Crippen molar-refractivity contribution in [2.75, 3.05) is 25.1 Å². The minimum Gasteiger partial charge on any atom is -0.373 e. The molecule has 2 aliphatic heterocycles. The Hall–Kier alpha value is 0.310. The predicted molar refractivity (Wildman–Crippen MR) is 89.2 cm³/mol. The van der Waals surface area contributed by atoms with E-state index in [2.05, 4.69) is 28.8 Å². The molecule has 3 unspecified atom stereocenters. The molecular formula is C12H24IN3OS. The Bertz CT molecular complexity index is 278. The molecule has 0 amide bonds. The molecule has 0 radical (unpaired) electrons. The summed E-state index contributed by atoms with van der Waals surface area (Å²) in [6.07, 6.45) is 6.59. The largest absolute Gasteiger partial charge is 0.373 e. The number of thioether (sulfide) groups is 1. The third-order valence-electron chi connectivity index (χ3n) is 3.34. The summed E-state index contributed by atoms with van der Waals surface area (Å²) in [7, 11) is 0. The van der Waals surface area contributed by atoms with Gasteiger partial charge in [-0.15, -0.1) is 24.0 Å². The average molecular weight is 385 g/mol. The van der Waals surface area contributed by atoms with Gasteiger partial charge in [0.05, 0.1) is 24.8 Å². The van der Waals surface area contributed by atoms with Crippen LogP contribution in [0.2, 0.25) is 0 Å². The van der Waals surface area contributed by atoms with E-state index in [1.165, 1.54) is 12.8 Å². The number of guanidine groups is 1. The maximum Gasteiger partial charge on any atom is 0.191 e. The third kappa shape index (κ3) is 4.45. The number of fused-ring (bicyclic) bond motifs is 2. The standard InChI is InChI=1S/C12H23N3OS.HI/c1-3-13-12(14-6-7-17-2)15-10-8-9-4-5-11(10)16-9;/h9-11H,3-8H2,1-2H3,(H2,13,14,15);1H. The van der Waals surface area contributed by atoms with Crippen molar-refractivity contribution in [3.8, 4) is 0 Å². The fraction of sp³-hybridized carbons (Fsp3) is 0.917. The first-order chi connectivity index (χ1) is 8.33. The van der Waals surface area contributed by atoms with Gasteiger partial charge in [-0.2, -0.15) is 11.8 Å². The molecule has 0 aromatic heterocycles. The summed E-state index contributed by atoms with van der Waals surface area (Å²) >= 11 is 1.83. The molecule has 106 valence electrons. The topological polar surface area (TPSA) is 45.7 Å². The van der Waals surface area contributed by atoms with E-state index in [0.717, 1.165) is 31.2 Å². The van der Waals surface area contributed by atoms with Crippen molar-refractivity contribution in [1.29, 1.82) is 0 Å². The molecule has 2 saturated heterocycles. The van der Waals surface area contributed by atoms with Crippen molar-refractivity contribution in [2.24, 2.45) is 4.99 Å². The lowest BCUT2D eigenvalue weighted by Gasteiger charge is -2.22. The summed E-state index contributed by atoms with van der Waals surface area (Å²) in [6.45, 7) is 3.88. The van der Waals surface area contributed by atoms with E-state index in [4.69, 9.17) is 4.74 Å². The number of ether oxygens (including phenoxy) is 1. The molecule has 18 heavy (non-hydrogen) atoms. The summed E-state index contributed by atoms with van der Waals surface area (Å²) in [6, 6.07) is 0.459. The van der Waals surface area contributed by atoms with E-state index in [-0.39, 0.29) is 24.0 Å². The molecule has 0 aromatic rings. The Morgan fingerprint density at radius 3 is 2.83 bits per heavy atom. The van der Waals surface area contributed by atoms with E-state index in [1.807, 2.05) is 11.8 Å². The van der Waals surface area contributed by atoms with Crippen molar-refractivity contribution >= 4 is 41.7 Å². The van der Waals surface area contributed by atoms with Crippen LogP contribution in [-0.2, 0) is 4.74 Å². The first-order valence-electron chi connectivity index (χ1n) is 6.52. The van der Waals surface area contributed by atoms with Gasteiger partial charge in [-0.1, -0.05) is 0 Å². The number of rotatable bonds is 5. The highest BCUT2D eigenvalue weighted by atomic mass is 127. The van der Waals surface area contributed by atoms with Crippen molar-refractivity contribution in [3.05, 3.63) is 0 Å². The summed E-state index contributed by atoms with van der Waals surface area (Å²) in [5, 5.41) is 6.81. The molecule has 0 saturated carbocycles. The van der Waals surface area contributed by atoms with Crippen LogP contribution in [0.3, 0.4) is 0 Å². The Morgan fingerprint density at radius 2 is 2.28 bits per heavy atom. The van der Waals surface area contributed by atoms with E-state index >= 15 is 0 Å². The second kappa shape index (κ2) is 8.47. The second-order valence-electron chi connectivity index (χ2n) is 4.61. The highest BCUT2D eigenvalue weighted by Gasteiger charge is 2.41. The zero-order valence-corrected chi connectivity index (χ0v) is 14.3. The Kier molecular flexibility index (Phi) is 7.70. The lowest BCUT2D eigenvalue weighted by Crippen LogP contribution is -2.47. The van der Waals surface area contributed by atoms with Gasteiger partial charge in [0.2, 0.25) is 0 Å². The van der Waals surface area contributed by atoms with Crippen molar-refractivity contribution < 1.29 is 4.74 Å². The van der Waals surface area contributed by atoms with Gasteiger partial charge in [-0.25, -0.2) is 0 Å². The third-order valence-corrected chi connectivity index (χ3v) is 3.93. The van der Waals surface area contributed by atoms with Gasteiger partial charge < -0.3 is 15.4 Å². The summed E-state index contributed by atoms with van der Waals surface area (Å²) in [4.78, 5) is 4.57. The van der Waals surface area contributed by atoms with Gasteiger partial charge in [0.25, 0.3) is 0 Å². The van der Waals surface area contributed by atoms with Crippen LogP contribution in [0.5, 0.6) is 0 Å². The molecule has 0 spiro atoms.